The van der Waals surface area contributed by atoms with Gasteiger partial charge in [-0.15, -0.1) is 0 Å². The number of hydrogen-bond acceptors (Lipinski definition) is 4. The second-order valence-corrected chi connectivity index (χ2v) is 3.84. The molecule has 0 spiro atoms. The second kappa shape index (κ2) is 5.65. The van der Waals surface area contributed by atoms with Crippen LogP contribution in [-0.4, -0.2) is 24.2 Å². The molecule has 0 aliphatic rings. The highest BCUT2D eigenvalue weighted by Crippen LogP contribution is 2.25. The molecule has 0 aliphatic heterocycles. The summed E-state index contributed by atoms with van der Waals surface area (Å²) in [4.78, 5) is 21.7. The van der Waals surface area contributed by atoms with Gasteiger partial charge in [0.15, 0.2) is 0 Å². The molecule has 5 nitrogen and oxygen atoms in total. The quantitative estimate of drug-likeness (QED) is 0.800. The Morgan fingerprint density at radius 2 is 2.18 bits per heavy atom. The van der Waals surface area contributed by atoms with Crippen LogP contribution in [0.2, 0.25) is 5.02 Å². The standard InChI is InChI=1S/C11H12ClNO4/c1-17-10(14)5-9(13)7-3-2-6(11(15)16)4-8(7)12/h2-4,9H,5,13H2,1H3,(H,15,16)/t9-/m0/s1. The number of benzene rings is 1. The van der Waals surface area contributed by atoms with Crippen molar-refractivity contribution in [3.05, 3.63) is 34.3 Å². The van der Waals surface area contributed by atoms with Crippen molar-refractivity contribution in [1.82, 2.24) is 0 Å². The molecule has 92 valence electrons. The summed E-state index contributed by atoms with van der Waals surface area (Å²) in [5.74, 6) is -1.52. The summed E-state index contributed by atoms with van der Waals surface area (Å²) >= 11 is 5.90. The van der Waals surface area contributed by atoms with Gasteiger partial charge in [0.05, 0.1) is 19.1 Å². The molecule has 1 aromatic rings. The van der Waals surface area contributed by atoms with Crippen LogP contribution in [0.4, 0.5) is 0 Å². The summed E-state index contributed by atoms with van der Waals surface area (Å²) in [6.07, 6.45) is -0.0113. The number of rotatable bonds is 4. The lowest BCUT2D eigenvalue weighted by Crippen LogP contribution is -2.17. The molecule has 6 heteroatoms. The van der Waals surface area contributed by atoms with Gasteiger partial charge in [0.2, 0.25) is 0 Å². The van der Waals surface area contributed by atoms with E-state index in [1.807, 2.05) is 0 Å². The van der Waals surface area contributed by atoms with Crippen LogP contribution in [-0.2, 0) is 9.53 Å². The Hall–Kier alpha value is -1.59. The zero-order valence-electron chi connectivity index (χ0n) is 9.14. The van der Waals surface area contributed by atoms with Crippen LogP contribution in [0, 0.1) is 0 Å². The normalized spacial score (nSPS) is 11.9. The lowest BCUT2D eigenvalue weighted by atomic mass is 10.0. The smallest absolute Gasteiger partial charge is 0.335 e. The fourth-order valence-corrected chi connectivity index (χ4v) is 1.65. The van der Waals surface area contributed by atoms with Crippen molar-refractivity contribution in [2.45, 2.75) is 12.5 Å². The fraction of sp³-hybridized carbons (Fsp3) is 0.273. The van der Waals surface area contributed by atoms with Crippen LogP contribution in [0.3, 0.4) is 0 Å². The summed E-state index contributed by atoms with van der Waals surface area (Å²) in [6.45, 7) is 0. The van der Waals surface area contributed by atoms with E-state index in [-0.39, 0.29) is 17.0 Å². The minimum absolute atomic E-state index is 0.0113. The summed E-state index contributed by atoms with van der Waals surface area (Å²) in [6, 6.07) is 3.58. The number of carboxylic acid groups (broad SMARTS) is 1. The summed E-state index contributed by atoms with van der Waals surface area (Å²) in [5.41, 5.74) is 6.35. The zero-order chi connectivity index (χ0) is 13.0. The molecule has 0 bridgehead atoms. The highest BCUT2D eigenvalue weighted by atomic mass is 35.5. The largest absolute Gasteiger partial charge is 0.478 e. The minimum Gasteiger partial charge on any atom is -0.478 e. The third-order valence-corrected chi connectivity index (χ3v) is 2.59. The molecule has 0 radical (unpaired) electrons. The van der Waals surface area contributed by atoms with Gasteiger partial charge in [0.1, 0.15) is 0 Å². The van der Waals surface area contributed by atoms with E-state index in [1.54, 1.807) is 0 Å². The number of carbonyl (C=O) groups is 2. The van der Waals surface area contributed by atoms with E-state index < -0.39 is 18.0 Å². The molecule has 0 saturated carbocycles. The number of esters is 1. The van der Waals surface area contributed by atoms with Crippen LogP contribution in [0.5, 0.6) is 0 Å². The fourth-order valence-electron chi connectivity index (χ4n) is 1.33. The number of ether oxygens (including phenoxy) is 1. The maximum atomic E-state index is 11.0. The maximum Gasteiger partial charge on any atom is 0.335 e. The number of carboxylic acids is 1. The Kier molecular flexibility index (Phi) is 4.48. The molecular weight excluding hydrogens is 246 g/mol. The first-order chi connectivity index (χ1) is 7.95. The second-order valence-electron chi connectivity index (χ2n) is 3.43. The van der Waals surface area contributed by atoms with Gasteiger partial charge < -0.3 is 15.6 Å². The Bertz CT molecular complexity index is 447. The van der Waals surface area contributed by atoms with Crippen molar-refractivity contribution in [3.63, 3.8) is 0 Å². The van der Waals surface area contributed by atoms with E-state index in [4.69, 9.17) is 22.4 Å². The number of aromatic carboxylic acids is 1. The first kappa shape index (κ1) is 13.5. The maximum absolute atomic E-state index is 11.0. The van der Waals surface area contributed by atoms with E-state index in [2.05, 4.69) is 4.74 Å². The molecule has 0 amide bonds. The lowest BCUT2D eigenvalue weighted by molar-refractivity contribution is -0.141. The van der Waals surface area contributed by atoms with Crippen LogP contribution in [0.1, 0.15) is 28.4 Å². The first-order valence-corrected chi connectivity index (χ1v) is 5.18. The van der Waals surface area contributed by atoms with Gasteiger partial charge >= 0.3 is 11.9 Å². The van der Waals surface area contributed by atoms with Crippen molar-refractivity contribution in [1.29, 1.82) is 0 Å². The van der Waals surface area contributed by atoms with Crippen LogP contribution >= 0.6 is 11.6 Å². The molecule has 0 heterocycles. The van der Waals surface area contributed by atoms with Crippen molar-refractivity contribution in [2.24, 2.45) is 5.73 Å². The minimum atomic E-state index is -1.07. The lowest BCUT2D eigenvalue weighted by Gasteiger charge is -2.12. The number of carbonyl (C=O) groups excluding carboxylic acids is 1. The molecule has 0 aliphatic carbocycles. The molecule has 0 fully saturated rings. The molecule has 0 unspecified atom stereocenters. The van der Waals surface area contributed by atoms with E-state index in [1.165, 1.54) is 25.3 Å². The number of methoxy groups -OCH3 is 1. The van der Waals surface area contributed by atoms with Gasteiger partial charge in [-0.1, -0.05) is 17.7 Å². The van der Waals surface area contributed by atoms with Crippen molar-refractivity contribution >= 4 is 23.5 Å². The van der Waals surface area contributed by atoms with Gasteiger partial charge in [-0.2, -0.15) is 0 Å². The van der Waals surface area contributed by atoms with Crippen LogP contribution in [0.15, 0.2) is 18.2 Å². The average Bonchev–Trinajstić information content (AvgIpc) is 2.28. The topological polar surface area (TPSA) is 89.6 Å². The van der Waals surface area contributed by atoms with E-state index in [0.29, 0.717) is 5.56 Å². The van der Waals surface area contributed by atoms with Crippen molar-refractivity contribution in [3.8, 4) is 0 Å². The number of halogens is 1. The molecule has 1 rings (SSSR count). The predicted molar refractivity (Wildman–Crippen MR) is 62.0 cm³/mol. The van der Waals surface area contributed by atoms with E-state index >= 15 is 0 Å². The van der Waals surface area contributed by atoms with Gasteiger partial charge in [-0.3, -0.25) is 4.79 Å². The number of nitrogens with two attached hydrogens (primary N) is 1. The highest BCUT2D eigenvalue weighted by molar-refractivity contribution is 6.31. The SMILES string of the molecule is COC(=O)C[C@H](N)c1ccc(C(=O)O)cc1Cl. The van der Waals surface area contributed by atoms with Gasteiger partial charge in [-0.05, 0) is 17.7 Å². The molecule has 3 N–H and O–H groups in total. The third-order valence-electron chi connectivity index (χ3n) is 2.26. The Labute approximate surface area is 103 Å². The van der Waals surface area contributed by atoms with Gasteiger partial charge in [0, 0.05) is 11.1 Å². The molecule has 1 atom stereocenters. The number of hydrogen-bond donors (Lipinski definition) is 2. The average molecular weight is 258 g/mol. The Balaban J connectivity index is 2.92. The van der Waals surface area contributed by atoms with Gasteiger partial charge in [0.25, 0.3) is 0 Å². The van der Waals surface area contributed by atoms with Crippen LogP contribution in [0.25, 0.3) is 0 Å². The summed E-state index contributed by atoms with van der Waals surface area (Å²) < 4.78 is 4.49. The Morgan fingerprint density at radius 3 is 2.65 bits per heavy atom. The zero-order valence-corrected chi connectivity index (χ0v) is 9.90. The highest BCUT2D eigenvalue weighted by Gasteiger charge is 2.16. The summed E-state index contributed by atoms with van der Waals surface area (Å²) in [7, 11) is 1.27. The summed E-state index contributed by atoms with van der Waals surface area (Å²) in [5, 5.41) is 8.98. The van der Waals surface area contributed by atoms with Crippen molar-refractivity contribution < 1.29 is 19.4 Å². The molecule has 17 heavy (non-hydrogen) atoms. The molecule has 1 aromatic carbocycles. The predicted octanol–water partition coefficient (Wildman–Crippen LogP) is 1.60. The van der Waals surface area contributed by atoms with Gasteiger partial charge in [-0.25, -0.2) is 4.79 Å². The molecule has 0 aromatic heterocycles. The first-order valence-electron chi connectivity index (χ1n) is 4.81. The van der Waals surface area contributed by atoms with E-state index in [0.717, 1.165) is 0 Å². The Morgan fingerprint density at radius 1 is 1.53 bits per heavy atom. The third kappa shape index (κ3) is 3.44. The van der Waals surface area contributed by atoms with Crippen molar-refractivity contribution in [2.75, 3.05) is 7.11 Å². The van der Waals surface area contributed by atoms with E-state index in [9.17, 15) is 9.59 Å². The van der Waals surface area contributed by atoms with Crippen LogP contribution < -0.4 is 5.73 Å². The monoisotopic (exact) mass is 257 g/mol. The molecule has 0 saturated heterocycles. The molecular formula is C11H12ClNO4.